The monoisotopic (exact) mass is 356 g/mol. The fraction of sp³-hybridized carbons (Fsp3) is 0.125. The van der Waals surface area contributed by atoms with Crippen molar-refractivity contribution in [1.82, 2.24) is 0 Å². The number of aryl methyl sites for hydroxylation is 1. The van der Waals surface area contributed by atoms with E-state index in [1.807, 2.05) is 0 Å². The molecule has 0 aliphatic carbocycles. The summed E-state index contributed by atoms with van der Waals surface area (Å²) >= 11 is 6.58. The molecule has 2 heteroatoms. The smallest absolute Gasteiger partial charge is 0.198 e. The maximum absolute atomic E-state index is 6.58. The molecule has 1 aromatic heterocycles. The van der Waals surface area contributed by atoms with Gasteiger partial charge in [0.25, 0.3) is 0 Å². The summed E-state index contributed by atoms with van der Waals surface area (Å²) in [6.45, 7) is 1.03. The van der Waals surface area contributed by atoms with Gasteiger partial charge < -0.3 is 0 Å². The van der Waals surface area contributed by atoms with Crippen LogP contribution in [-0.2, 0) is 6.54 Å². The molecule has 5 rings (SSSR count). The number of hydrogen-bond acceptors (Lipinski definition) is 0. The molecule has 0 fully saturated rings. The van der Waals surface area contributed by atoms with Crippen molar-refractivity contribution in [3.05, 3.63) is 101 Å². The molecule has 1 aliphatic rings. The average molecular weight is 357 g/mol. The summed E-state index contributed by atoms with van der Waals surface area (Å²) in [4.78, 5) is 0. The minimum atomic E-state index is 0.392. The van der Waals surface area contributed by atoms with Gasteiger partial charge in [0.05, 0.1) is 5.39 Å². The quantitative estimate of drug-likeness (QED) is 0.389. The van der Waals surface area contributed by atoms with E-state index in [-0.39, 0.29) is 0 Å². The molecule has 0 saturated heterocycles. The van der Waals surface area contributed by atoms with E-state index in [0.717, 1.165) is 18.0 Å². The molecular formula is C24H19ClN+. The molecule has 1 aliphatic heterocycles. The van der Waals surface area contributed by atoms with Gasteiger partial charge in [-0.3, -0.25) is 0 Å². The maximum Gasteiger partial charge on any atom is 0.217 e. The summed E-state index contributed by atoms with van der Waals surface area (Å²) in [5.41, 5.74) is 6.50. The highest BCUT2D eigenvalue weighted by atomic mass is 35.5. The van der Waals surface area contributed by atoms with Crippen LogP contribution in [0.1, 0.15) is 23.5 Å². The van der Waals surface area contributed by atoms with Crippen molar-refractivity contribution < 1.29 is 4.57 Å². The SMILES string of the molecule is Clc1cc2c3c(c1)c(-c1ccccc1)cc[n+]3CCC2c1ccccc1. The van der Waals surface area contributed by atoms with Gasteiger partial charge >= 0.3 is 0 Å². The van der Waals surface area contributed by atoms with Crippen molar-refractivity contribution in [2.75, 3.05) is 0 Å². The third-order valence-corrected chi connectivity index (χ3v) is 5.64. The zero-order chi connectivity index (χ0) is 17.5. The number of rotatable bonds is 2. The summed E-state index contributed by atoms with van der Waals surface area (Å²) < 4.78 is 2.38. The first-order chi connectivity index (χ1) is 12.8. The molecule has 0 radical (unpaired) electrons. The zero-order valence-corrected chi connectivity index (χ0v) is 15.2. The second kappa shape index (κ2) is 6.26. The minimum Gasteiger partial charge on any atom is -0.198 e. The number of benzene rings is 3. The fourth-order valence-electron chi connectivity index (χ4n) is 4.25. The van der Waals surface area contributed by atoms with E-state index in [4.69, 9.17) is 11.6 Å². The number of nitrogens with zero attached hydrogens (tertiary/aromatic N) is 1. The first-order valence-electron chi connectivity index (χ1n) is 9.07. The van der Waals surface area contributed by atoms with Crippen LogP contribution >= 0.6 is 11.6 Å². The van der Waals surface area contributed by atoms with Crippen LogP contribution < -0.4 is 4.57 Å². The Balaban J connectivity index is 1.80. The number of pyridine rings is 1. The van der Waals surface area contributed by atoms with E-state index in [2.05, 4.69) is 89.6 Å². The normalized spacial score (nSPS) is 16.0. The van der Waals surface area contributed by atoms with Crippen molar-refractivity contribution in [3.8, 4) is 11.1 Å². The maximum atomic E-state index is 6.58. The van der Waals surface area contributed by atoms with Crippen molar-refractivity contribution in [2.45, 2.75) is 18.9 Å². The minimum absolute atomic E-state index is 0.392. The van der Waals surface area contributed by atoms with Crippen LogP contribution in [0, 0.1) is 0 Å². The number of halogens is 1. The summed E-state index contributed by atoms with van der Waals surface area (Å²) in [5.74, 6) is 0.392. The Hall–Kier alpha value is -2.64. The van der Waals surface area contributed by atoms with E-state index >= 15 is 0 Å². The van der Waals surface area contributed by atoms with Crippen LogP contribution in [0.5, 0.6) is 0 Å². The third kappa shape index (κ3) is 2.51. The summed E-state index contributed by atoms with van der Waals surface area (Å²) in [6.07, 6.45) is 3.32. The molecule has 126 valence electrons. The standard InChI is InChI=1S/C24H19ClN/c25-19-15-22-20(17-7-3-1-4-8-17)11-13-26-14-12-21(23(16-19)24(22)26)18-9-5-2-6-10-18/h1-11,13,15-16,21H,12,14H2/q+1. The van der Waals surface area contributed by atoms with E-state index in [9.17, 15) is 0 Å². The number of hydrogen-bond donors (Lipinski definition) is 0. The molecule has 2 heterocycles. The molecule has 0 N–H and O–H groups in total. The van der Waals surface area contributed by atoms with Gasteiger partial charge in [0, 0.05) is 34.6 Å². The average Bonchev–Trinajstić information content (AvgIpc) is 2.69. The molecule has 3 aromatic carbocycles. The Labute approximate surface area is 158 Å². The Morgan fingerprint density at radius 3 is 2.35 bits per heavy atom. The molecule has 1 unspecified atom stereocenters. The van der Waals surface area contributed by atoms with Crippen molar-refractivity contribution in [1.29, 1.82) is 0 Å². The van der Waals surface area contributed by atoms with Gasteiger partial charge in [0.15, 0.2) is 6.20 Å². The number of aromatic nitrogens is 1. The van der Waals surface area contributed by atoms with E-state index in [1.165, 1.54) is 33.2 Å². The second-order valence-electron chi connectivity index (χ2n) is 6.93. The van der Waals surface area contributed by atoms with E-state index in [0.29, 0.717) is 5.92 Å². The molecule has 1 atom stereocenters. The summed E-state index contributed by atoms with van der Waals surface area (Å²) in [7, 11) is 0. The van der Waals surface area contributed by atoms with Crippen molar-refractivity contribution >= 4 is 22.5 Å². The van der Waals surface area contributed by atoms with Gasteiger partial charge in [-0.25, -0.2) is 0 Å². The zero-order valence-electron chi connectivity index (χ0n) is 14.4. The highest BCUT2D eigenvalue weighted by molar-refractivity contribution is 6.31. The highest BCUT2D eigenvalue weighted by Crippen LogP contribution is 2.39. The predicted octanol–water partition coefficient (Wildman–Crippen LogP) is 5.98. The molecule has 1 nitrogen and oxygen atoms in total. The molecular weight excluding hydrogens is 338 g/mol. The lowest BCUT2D eigenvalue weighted by atomic mass is 9.84. The fourth-order valence-corrected chi connectivity index (χ4v) is 4.48. The summed E-state index contributed by atoms with van der Waals surface area (Å²) in [5, 5.41) is 2.05. The van der Waals surface area contributed by atoms with E-state index < -0.39 is 0 Å². The van der Waals surface area contributed by atoms with Gasteiger partial charge in [-0.15, -0.1) is 0 Å². The van der Waals surface area contributed by atoms with Crippen LogP contribution in [0.3, 0.4) is 0 Å². The van der Waals surface area contributed by atoms with Crippen LogP contribution in [0.15, 0.2) is 85.1 Å². The largest absolute Gasteiger partial charge is 0.217 e. The van der Waals surface area contributed by atoms with Crippen LogP contribution in [0.25, 0.3) is 22.0 Å². The van der Waals surface area contributed by atoms with Crippen LogP contribution in [0.2, 0.25) is 5.02 Å². The lowest BCUT2D eigenvalue weighted by Gasteiger charge is -2.23. The molecule has 0 amide bonds. The lowest BCUT2D eigenvalue weighted by molar-refractivity contribution is -0.674. The third-order valence-electron chi connectivity index (χ3n) is 5.42. The Bertz CT molecular complexity index is 1090. The molecule has 26 heavy (non-hydrogen) atoms. The first-order valence-corrected chi connectivity index (χ1v) is 9.45. The molecule has 0 bridgehead atoms. The Morgan fingerprint density at radius 1 is 0.846 bits per heavy atom. The van der Waals surface area contributed by atoms with Crippen LogP contribution in [-0.4, -0.2) is 0 Å². The molecule has 0 saturated carbocycles. The van der Waals surface area contributed by atoms with Gasteiger partial charge in [-0.2, -0.15) is 4.57 Å². The topological polar surface area (TPSA) is 3.88 Å². The lowest BCUT2D eigenvalue weighted by Crippen LogP contribution is -2.39. The van der Waals surface area contributed by atoms with Gasteiger partial charge in [0.1, 0.15) is 6.54 Å². The Kier molecular flexibility index (Phi) is 3.76. The van der Waals surface area contributed by atoms with Crippen molar-refractivity contribution in [2.24, 2.45) is 0 Å². The molecule has 4 aromatic rings. The van der Waals surface area contributed by atoms with E-state index in [1.54, 1.807) is 0 Å². The highest BCUT2D eigenvalue weighted by Gasteiger charge is 2.30. The predicted molar refractivity (Wildman–Crippen MR) is 107 cm³/mol. The first kappa shape index (κ1) is 15.6. The van der Waals surface area contributed by atoms with Gasteiger partial charge in [-0.1, -0.05) is 72.3 Å². The van der Waals surface area contributed by atoms with Gasteiger partial charge in [0.2, 0.25) is 5.52 Å². The summed E-state index contributed by atoms with van der Waals surface area (Å²) in [6, 6.07) is 27.9. The Morgan fingerprint density at radius 2 is 1.58 bits per heavy atom. The van der Waals surface area contributed by atoms with Crippen LogP contribution in [0.4, 0.5) is 0 Å². The second-order valence-corrected chi connectivity index (χ2v) is 7.37. The molecule has 0 spiro atoms. The van der Waals surface area contributed by atoms with Gasteiger partial charge in [-0.05, 0) is 23.3 Å². The van der Waals surface area contributed by atoms with Crippen molar-refractivity contribution in [3.63, 3.8) is 0 Å².